The maximum Gasteiger partial charge on any atom is 0.141 e. The molecule has 1 aromatic carbocycles. The first-order valence-corrected chi connectivity index (χ1v) is 4.30. The number of hydrogen-bond acceptors (Lipinski definition) is 2. The standard InChI is InChI=1S/C10H12ClO2/c1-4-7-5-8(12-2)10(11)9(6-7)13-3/h5-6H,1,4H2,2-3H3. The number of benzene rings is 1. The van der Waals surface area contributed by atoms with E-state index in [1.54, 1.807) is 14.2 Å². The van der Waals surface area contributed by atoms with Crippen LogP contribution < -0.4 is 9.47 Å². The summed E-state index contributed by atoms with van der Waals surface area (Å²) in [5.74, 6) is 1.25. The van der Waals surface area contributed by atoms with Gasteiger partial charge in [-0.3, -0.25) is 0 Å². The Hall–Kier alpha value is -0.890. The Labute approximate surface area is 83.4 Å². The highest BCUT2D eigenvalue weighted by molar-refractivity contribution is 6.33. The van der Waals surface area contributed by atoms with Crippen molar-refractivity contribution in [2.75, 3.05) is 14.2 Å². The van der Waals surface area contributed by atoms with Crippen LogP contribution in [0.4, 0.5) is 0 Å². The lowest BCUT2D eigenvalue weighted by molar-refractivity contribution is 0.394. The molecule has 0 aliphatic heterocycles. The van der Waals surface area contributed by atoms with E-state index in [0.717, 1.165) is 5.56 Å². The second-order valence-electron chi connectivity index (χ2n) is 2.56. The van der Waals surface area contributed by atoms with E-state index in [4.69, 9.17) is 21.1 Å². The molecular formula is C10H12ClO2. The Morgan fingerprint density at radius 2 is 1.69 bits per heavy atom. The monoisotopic (exact) mass is 199 g/mol. The first-order chi connectivity index (χ1) is 6.22. The third kappa shape index (κ3) is 2.07. The second kappa shape index (κ2) is 4.38. The molecule has 0 spiro atoms. The van der Waals surface area contributed by atoms with Crippen molar-refractivity contribution in [3.8, 4) is 11.5 Å². The molecule has 0 unspecified atom stereocenters. The molecule has 0 heterocycles. The highest BCUT2D eigenvalue weighted by atomic mass is 35.5. The Kier molecular flexibility index (Phi) is 3.43. The number of ether oxygens (including phenoxy) is 2. The molecule has 2 nitrogen and oxygen atoms in total. The molecule has 0 aliphatic carbocycles. The highest BCUT2D eigenvalue weighted by Gasteiger charge is 2.08. The molecule has 0 N–H and O–H groups in total. The summed E-state index contributed by atoms with van der Waals surface area (Å²) in [5.41, 5.74) is 1.04. The van der Waals surface area contributed by atoms with Crippen molar-refractivity contribution in [1.29, 1.82) is 0 Å². The van der Waals surface area contributed by atoms with E-state index in [1.807, 2.05) is 12.1 Å². The van der Waals surface area contributed by atoms with E-state index in [-0.39, 0.29) is 0 Å². The summed E-state index contributed by atoms with van der Waals surface area (Å²) in [5, 5.41) is 0.502. The van der Waals surface area contributed by atoms with Crippen LogP contribution >= 0.6 is 11.6 Å². The molecular weight excluding hydrogens is 188 g/mol. The molecule has 0 saturated carbocycles. The van der Waals surface area contributed by atoms with Gasteiger partial charge in [0.1, 0.15) is 16.5 Å². The van der Waals surface area contributed by atoms with E-state index in [1.165, 1.54) is 0 Å². The van der Waals surface area contributed by atoms with E-state index in [2.05, 4.69) is 6.92 Å². The van der Waals surface area contributed by atoms with Crippen LogP contribution in [-0.2, 0) is 6.42 Å². The lowest BCUT2D eigenvalue weighted by Crippen LogP contribution is -1.92. The first-order valence-electron chi connectivity index (χ1n) is 3.92. The minimum atomic E-state index is 0.502. The highest BCUT2D eigenvalue weighted by Crippen LogP contribution is 2.35. The van der Waals surface area contributed by atoms with Gasteiger partial charge >= 0.3 is 0 Å². The summed E-state index contributed by atoms with van der Waals surface area (Å²) in [6, 6.07) is 3.72. The van der Waals surface area contributed by atoms with Gasteiger partial charge < -0.3 is 9.47 Å². The molecule has 0 bridgehead atoms. The van der Waals surface area contributed by atoms with Crippen molar-refractivity contribution in [3.63, 3.8) is 0 Å². The number of methoxy groups -OCH3 is 2. The Morgan fingerprint density at radius 1 is 1.23 bits per heavy atom. The lowest BCUT2D eigenvalue weighted by atomic mass is 10.1. The predicted octanol–water partition coefficient (Wildman–Crippen LogP) is 2.73. The molecule has 1 aromatic rings. The minimum absolute atomic E-state index is 0.502. The van der Waals surface area contributed by atoms with E-state index < -0.39 is 0 Å². The van der Waals surface area contributed by atoms with E-state index in [0.29, 0.717) is 22.9 Å². The van der Waals surface area contributed by atoms with Gasteiger partial charge in [-0.15, -0.1) is 0 Å². The topological polar surface area (TPSA) is 18.5 Å². The van der Waals surface area contributed by atoms with Crippen LogP contribution in [0.3, 0.4) is 0 Å². The molecule has 71 valence electrons. The second-order valence-corrected chi connectivity index (χ2v) is 2.94. The largest absolute Gasteiger partial charge is 0.495 e. The summed E-state index contributed by atoms with van der Waals surface area (Å²) in [7, 11) is 3.15. The number of halogens is 1. The average Bonchev–Trinajstić information content (AvgIpc) is 2.18. The Balaban J connectivity index is 3.20. The van der Waals surface area contributed by atoms with Gasteiger partial charge in [-0.2, -0.15) is 0 Å². The maximum atomic E-state index is 5.97. The van der Waals surface area contributed by atoms with Crippen molar-refractivity contribution in [1.82, 2.24) is 0 Å². The van der Waals surface area contributed by atoms with Crippen LogP contribution in [0.5, 0.6) is 11.5 Å². The molecule has 0 aliphatic rings. The fourth-order valence-electron chi connectivity index (χ4n) is 1.07. The van der Waals surface area contributed by atoms with Gasteiger partial charge in [-0.05, 0) is 31.0 Å². The van der Waals surface area contributed by atoms with Gasteiger partial charge in [-0.1, -0.05) is 11.6 Å². The third-order valence-corrected chi connectivity index (χ3v) is 2.17. The summed E-state index contributed by atoms with van der Waals surface area (Å²) in [6.07, 6.45) is 0.684. The quantitative estimate of drug-likeness (QED) is 0.746. The van der Waals surface area contributed by atoms with Gasteiger partial charge in [-0.25, -0.2) is 0 Å². The molecule has 0 aromatic heterocycles. The van der Waals surface area contributed by atoms with E-state index >= 15 is 0 Å². The molecule has 1 rings (SSSR count). The zero-order valence-corrected chi connectivity index (χ0v) is 8.52. The Morgan fingerprint density at radius 3 is 2.00 bits per heavy atom. The summed E-state index contributed by atoms with van der Waals surface area (Å²) in [4.78, 5) is 0. The molecule has 1 radical (unpaired) electrons. The van der Waals surface area contributed by atoms with Crippen LogP contribution in [0.15, 0.2) is 12.1 Å². The van der Waals surface area contributed by atoms with Gasteiger partial charge in [0.2, 0.25) is 0 Å². The molecule has 13 heavy (non-hydrogen) atoms. The third-order valence-electron chi connectivity index (χ3n) is 1.79. The van der Waals surface area contributed by atoms with Crippen LogP contribution in [0, 0.1) is 6.92 Å². The van der Waals surface area contributed by atoms with Crippen molar-refractivity contribution >= 4 is 11.6 Å². The molecule has 3 heteroatoms. The first kappa shape index (κ1) is 10.2. The Bertz CT molecular complexity index is 272. The normalized spacial score (nSPS) is 9.85. The number of rotatable bonds is 3. The van der Waals surface area contributed by atoms with Gasteiger partial charge in [0.25, 0.3) is 0 Å². The maximum absolute atomic E-state index is 5.97. The lowest BCUT2D eigenvalue weighted by Gasteiger charge is -2.09. The molecule has 0 atom stereocenters. The summed E-state index contributed by atoms with van der Waals surface area (Å²) in [6.45, 7) is 3.78. The van der Waals surface area contributed by atoms with Gasteiger partial charge in [0.15, 0.2) is 0 Å². The molecule has 0 amide bonds. The van der Waals surface area contributed by atoms with E-state index in [9.17, 15) is 0 Å². The van der Waals surface area contributed by atoms with Crippen LogP contribution in [0.1, 0.15) is 5.56 Å². The molecule has 0 fully saturated rings. The van der Waals surface area contributed by atoms with Crippen LogP contribution in [0.25, 0.3) is 0 Å². The summed E-state index contributed by atoms with van der Waals surface area (Å²) < 4.78 is 10.2. The van der Waals surface area contributed by atoms with Crippen LogP contribution in [0.2, 0.25) is 5.02 Å². The SMILES string of the molecule is [CH2]Cc1cc(OC)c(Cl)c(OC)c1. The zero-order chi connectivity index (χ0) is 9.84. The predicted molar refractivity (Wildman–Crippen MR) is 53.6 cm³/mol. The van der Waals surface area contributed by atoms with Crippen LogP contribution in [-0.4, -0.2) is 14.2 Å². The number of hydrogen-bond donors (Lipinski definition) is 0. The smallest absolute Gasteiger partial charge is 0.141 e. The zero-order valence-electron chi connectivity index (χ0n) is 7.76. The van der Waals surface area contributed by atoms with Crippen molar-refractivity contribution < 1.29 is 9.47 Å². The fraction of sp³-hybridized carbons (Fsp3) is 0.300. The van der Waals surface area contributed by atoms with Gasteiger partial charge in [0, 0.05) is 0 Å². The minimum Gasteiger partial charge on any atom is -0.495 e. The van der Waals surface area contributed by atoms with Crippen molar-refractivity contribution in [2.45, 2.75) is 6.42 Å². The van der Waals surface area contributed by atoms with Crippen molar-refractivity contribution in [2.24, 2.45) is 0 Å². The average molecular weight is 200 g/mol. The van der Waals surface area contributed by atoms with Gasteiger partial charge in [0.05, 0.1) is 14.2 Å². The summed E-state index contributed by atoms with van der Waals surface area (Å²) >= 11 is 5.97. The van der Waals surface area contributed by atoms with Crippen molar-refractivity contribution in [3.05, 3.63) is 29.6 Å². The molecule has 0 saturated heterocycles. The fourth-order valence-corrected chi connectivity index (χ4v) is 1.33.